The molecule has 2 N–H and O–H groups in total. The number of hydrogen-bond donors (Lipinski definition) is 2. The second-order valence-electron chi connectivity index (χ2n) is 8.18. The van der Waals surface area contributed by atoms with Gasteiger partial charge in [-0.05, 0) is 31.7 Å². The fraction of sp³-hybridized carbons (Fsp3) is 0.261. The molecule has 168 valence electrons. The predicted molar refractivity (Wildman–Crippen MR) is 112 cm³/mol. The first-order chi connectivity index (χ1) is 15.9. The number of nitrogens with zero attached hydrogens (tertiary/aromatic N) is 3. The van der Waals surface area contributed by atoms with Gasteiger partial charge in [0.15, 0.2) is 11.8 Å². The number of aromatic nitrogens is 3. The number of hydrogen-bond acceptors (Lipinski definition) is 7. The van der Waals surface area contributed by atoms with Crippen LogP contribution < -0.4 is 10.0 Å². The van der Waals surface area contributed by atoms with Crippen LogP contribution in [0, 0.1) is 16.9 Å². The quantitative estimate of drug-likeness (QED) is 0.357. The molecular weight excluding hydrogens is 431 g/mol. The van der Waals surface area contributed by atoms with Crippen LogP contribution >= 0.6 is 0 Å². The van der Waals surface area contributed by atoms with Crippen molar-refractivity contribution >= 4 is 17.8 Å². The number of ether oxygens (including phenoxy) is 1. The van der Waals surface area contributed by atoms with E-state index in [0.29, 0.717) is 42.4 Å². The highest BCUT2D eigenvalue weighted by Crippen LogP contribution is 2.49. The Morgan fingerprint density at radius 1 is 1.21 bits per heavy atom. The maximum atomic E-state index is 13.9. The fourth-order valence-electron chi connectivity index (χ4n) is 4.55. The zero-order valence-corrected chi connectivity index (χ0v) is 17.3. The Hall–Kier alpha value is -4.08. The second-order valence-corrected chi connectivity index (χ2v) is 8.18. The van der Waals surface area contributed by atoms with E-state index < -0.39 is 17.5 Å². The van der Waals surface area contributed by atoms with E-state index in [9.17, 15) is 24.3 Å². The topological polar surface area (TPSA) is 128 Å². The summed E-state index contributed by atoms with van der Waals surface area (Å²) in [6.45, 7) is 0. The van der Waals surface area contributed by atoms with Gasteiger partial charge in [0.25, 0.3) is 0 Å². The van der Waals surface area contributed by atoms with Gasteiger partial charge in [-0.3, -0.25) is 10.1 Å². The van der Waals surface area contributed by atoms with Crippen molar-refractivity contribution in [3.63, 3.8) is 0 Å². The lowest BCUT2D eigenvalue weighted by Gasteiger charge is -2.35. The van der Waals surface area contributed by atoms with Crippen LogP contribution in [0.15, 0.2) is 48.9 Å². The van der Waals surface area contributed by atoms with Gasteiger partial charge in [-0.25, -0.2) is 19.2 Å². The molecule has 10 heteroatoms. The number of pyridine rings is 1. The third kappa shape index (κ3) is 3.53. The van der Waals surface area contributed by atoms with E-state index >= 15 is 0 Å². The summed E-state index contributed by atoms with van der Waals surface area (Å²) in [6.07, 6.45) is 5.64. The van der Waals surface area contributed by atoms with Crippen molar-refractivity contribution in [3.05, 3.63) is 71.1 Å². The molecule has 0 atom stereocenters. The molecule has 5 rings (SSSR count). The summed E-state index contributed by atoms with van der Waals surface area (Å²) in [5.41, 5.74) is 0.275. The summed E-state index contributed by atoms with van der Waals surface area (Å²) >= 11 is 0. The van der Waals surface area contributed by atoms with Crippen molar-refractivity contribution in [2.45, 2.75) is 31.3 Å². The SMILES string of the molecule is O=C1O[C@]2(CC[C@@H](C(=O)Nc3ncc(-c4ccccc4F)cn3)CC2)c2cc[n+]([O-])c(O)c21. The van der Waals surface area contributed by atoms with Gasteiger partial charge in [0.05, 0.1) is 0 Å². The number of rotatable bonds is 3. The van der Waals surface area contributed by atoms with Crippen LogP contribution in [0.25, 0.3) is 11.1 Å². The normalized spacial score (nSPS) is 21.5. The molecule has 9 nitrogen and oxygen atoms in total. The summed E-state index contributed by atoms with van der Waals surface area (Å²) in [5, 5.41) is 24.3. The van der Waals surface area contributed by atoms with E-state index in [1.165, 1.54) is 24.5 Å². The van der Waals surface area contributed by atoms with E-state index in [4.69, 9.17) is 4.74 Å². The number of carbonyl (C=O) groups is 2. The molecule has 2 aliphatic rings. The molecule has 1 fully saturated rings. The molecule has 0 radical (unpaired) electrons. The molecule has 1 amide bonds. The Labute approximate surface area is 187 Å². The highest BCUT2D eigenvalue weighted by Gasteiger charge is 2.51. The number of halogens is 1. The van der Waals surface area contributed by atoms with E-state index in [0.717, 1.165) is 6.20 Å². The summed E-state index contributed by atoms with van der Waals surface area (Å²) in [6, 6.07) is 7.76. The van der Waals surface area contributed by atoms with Crippen LogP contribution in [0.5, 0.6) is 5.88 Å². The maximum Gasteiger partial charge on any atom is 0.392 e. The Morgan fingerprint density at radius 2 is 1.91 bits per heavy atom. The molecule has 1 saturated carbocycles. The van der Waals surface area contributed by atoms with Crippen LogP contribution in [-0.4, -0.2) is 27.0 Å². The first-order valence-corrected chi connectivity index (χ1v) is 10.4. The van der Waals surface area contributed by atoms with Crippen LogP contribution in [-0.2, 0) is 15.1 Å². The third-order valence-electron chi connectivity index (χ3n) is 6.30. The lowest BCUT2D eigenvalue weighted by Crippen LogP contribution is -2.36. The van der Waals surface area contributed by atoms with Gasteiger partial charge in [0, 0.05) is 41.1 Å². The van der Waals surface area contributed by atoms with Gasteiger partial charge in [-0.15, -0.1) is 4.73 Å². The summed E-state index contributed by atoms with van der Waals surface area (Å²) < 4.78 is 19.7. The molecule has 1 aliphatic carbocycles. The molecule has 1 aliphatic heterocycles. The zero-order chi connectivity index (χ0) is 23.2. The maximum absolute atomic E-state index is 13.9. The summed E-state index contributed by atoms with van der Waals surface area (Å²) in [7, 11) is 0. The largest absolute Gasteiger partial charge is 0.616 e. The molecule has 33 heavy (non-hydrogen) atoms. The number of amides is 1. The molecule has 3 aromatic rings. The minimum Gasteiger partial charge on any atom is -0.616 e. The van der Waals surface area contributed by atoms with Gasteiger partial charge >= 0.3 is 11.8 Å². The lowest BCUT2D eigenvalue weighted by atomic mass is 9.75. The Kier molecular flexibility index (Phi) is 4.92. The van der Waals surface area contributed by atoms with Crippen LogP contribution in [0.1, 0.15) is 41.6 Å². The summed E-state index contributed by atoms with van der Waals surface area (Å²) in [5.74, 6) is -2.30. The van der Waals surface area contributed by atoms with Crippen molar-refractivity contribution in [2.24, 2.45) is 5.92 Å². The number of anilines is 1. The van der Waals surface area contributed by atoms with Crippen LogP contribution in [0.2, 0.25) is 0 Å². The van der Waals surface area contributed by atoms with Crippen molar-refractivity contribution in [2.75, 3.05) is 5.32 Å². The third-order valence-corrected chi connectivity index (χ3v) is 6.30. The van der Waals surface area contributed by atoms with E-state index in [-0.39, 0.29) is 33.9 Å². The lowest BCUT2D eigenvalue weighted by molar-refractivity contribution is -0.613. The van der Waals surface area contributed by atoms with E-state index in [2.05, 4.69) is 15.3 Å². The van der Waals surface area contributed by atoms with Crippen molar-refractivity contribution < 1.29 is 28.6 Å². The number of esters is 1. The van der Waals surface area contributed by atoms with Crippen molar-refractivity contribution in [3.8, 4) is 17.0 Å². The predicted octanol–water partition coefficient (Wildman–Crippen LogP) is 2.82. The number of fused-ring (bicyclic) bond motifs is 2. The smallest absolute Gasteiger partial charge is 0.392 e. The Balaban J connectivity index is 1.26. The second kappa shape index (κ2) is 7.80. The molecule has 1 aromatic carbocycles. The van der Waals surface area contributed by atoms with Crippen LogP contribution in [0.3, 0.4) is 0 Å². The number of carbonyl (C=O) groups excluding carboxylic acids is 2. The van der Waals surface area contributed by atoms with Gasteiger partial charge in [-0.2, -0.15) is 0 Å². The zero-order valence-electron chi connectivity index (χ0n) is 17.3. The van der Waals surface area contributed by atoms with Crippen LogP contribution in [0.4, 0.5) is 10.3 Å². The first kappa shape index (κ1) is 20.8. The van der Waals surface area contributed by atoms with Gasteiger partial charge < -0.3 is 15.1 Å². The average molecular weight is 450 g/mol. The Bertz CT molecular complexity index is 1260. The number of benzene rings is 1. The minimum absolute atomic E-state index is 0.112. The molecule has 2 aromatic heterocycles. The monoisotopic (exact) mass is 450 g/mol. The molecule has 0 saturated heterocycles. The Morgan fingerprint density at radius 3 is 2.61 bits per heavy atom. The standard InChI is InChI=1S/C23H19FN4O5/c24-17-4-2-1-3-15(17)14-11-25-22(26-12-14)27-19(29)13-5-8-23(9-6-13)16-7-10-28(32)20(30)18(16)21(31)33-23/h1-4,7,10-13,30H,5-6,8-9H2,(H,25,26,27,29)/t13-,23+. The van der Waals surface area contributed by atoms with Gasteiger partial charge in [0.2, 0.25) is 11.9 Å². The average Bonchev–Trinajstić information content (AvgIpc) is 3.09. The highest BCUT2D eigenvalue weighted by atomic mass is 19.1. The minimum atomic E-state index is -0.952. The van der Waals surface area contributed by atoms with Gasteiger partial charge in [-0.1, -0.05) is 18.2 Å². The summed E-state index contributed by atoms with van der Waals surface area (Å²) in [4.78, 5) is 33.3. The molecular formula is C23H19FN4O5. The first-order valence-electron chi connectivity index (χ1n) is 10.4. The molecule has 1 spiro atoms. The highest BCUT2D eigenvalue weighted by molar-refractivity contribution is 5.96. The molecule has 0 unspecified atom stereocenters. The van der Waals surface area contributed by atoms with E-state index in [1.807, 2.05) is 0 Å². The molecule has 0 bridgehead atoms. The number of nitrogens with one attached hydrogen (secondary N) is 1. The molecule has 3 heterocycles. The fourth-order valence-corrected chi connectivity index (χ4v) is 4.55. The van der Waals surface area contributed by atoms with Gasteiger partial charge in [0.1, 0.15) is 11.4 Å². The number of aromatic hydroxyl groups is 1. The van der Waals surface area contributed by atoms with Crippen molar-refractivity contribution in [1.29, 1.82) is 0 Å². The van der Waals surface area contributed by atoms with E-state index in [1.54, 1.807) is 18.2 Å². The van der Waals surface area contributed by atoms with Crippen molar-refractivity contribution in [1.82, 2.24) is 9.97 Å².